The van der Waals surface area contributed by atoms with Gasteiger partial charge in [-0.2, -0.15) is 0 Å². The van der Waals surface area contributed by atoms with Gasteiger partial charge in [0.25, 0.3) is 0 Å². The van der Waals surface area contributed by atoms with Crippen LogP contribution in [0.25, 0.3) is 0 Å². The summed E-state index contributed by atoms with van der Waals surface area (Å²) in [6, 6.07) is 3.05. The summed E-state index contributed by atoms with van der Waals surface area (Å²) in [5, 5.41) is 16.0. The van der Waals surface area contributed by atoms with Crippen molar-refractivity contribution in [2.24, 2.45) is 0 Å². The lowest BCUT2D eigenvalue weighted by atomic mass is 10.0. The van der Waals surface area contributed by atoms with E-state index < -0.39 is 6.10 Å². The first-order chi connectivity index (χ1) is 12.0. The summed E-state index contributed by atoms with van der Waals surface area (Å²) in [4.78, 5) is 29.7. The summed E-state index contributed by atoms with van der Waals surface area (Å²) >= 11 is 5.76. The number of hydrogen-bond acceptors (Lipinski definition) is 6. The van der Waals surface area contributed by atoms with E-state index in [0.29, 0.717) is 37.0 Å². The molecule has 1 aliphatic heterocycles. The molecule has 2 rings (SSSR count). The van der Waals surface area contributed by atoms with Crippen LogP contribution >= 0.6 is 11.6 Å². The van der Waals surface area contributed by atoms with E-state index in [2.05, 4.69) is 15.6 Å². The molecule has 2 heterocycles. The minimum Gasteiger partial charge on any atom is -0.392 e. The van der Waals surface area contributed by atoms with E-state index in [1.807, 2.05) is 0 Å². The van der Waals surface area contributed by atoms with E-state index >= 15 is 0 Å². The minimum atomic E-state index is -0.595. The van der Waals surface area contributed by atoms with Gasteiger partial charge in [0.1, 0.15) is 5.82 Å². The number of rotatable bonds is 7. The Labute approximate surface area is 151 Å². The number of nitrogens with zero attached hydrogens (tertiary/aromatic N) is 2. The molecule has 8 nitrogen and oxygen atoms in total. The third-order valence-corrected chi connectivity index (χ3v) is 3.99. The van der Waals surface area contributed by atoms with Gasteiger partial charge in [0.2, 0.25) is 11.8 Å². The zero-order chi connectivity index (χ0) is 18.2. The molecule has 1 saturated heterocycles. The van der Waals surface area contributed by atoms with Crippen molar-refractivity contribution in [2.75, 3.05) is 38.7 Å². The normalized spacial score (nSPS) is 20.9. The van der Waals surface area contributed by atoms with Crippen LogP contribution in [0.3, 0.4) is 0 Å². The number of anilines is 1. The molecule has 9 heteroatoms. The summed E-state index contributed by atoms with van der Waals surface area (Å²) in [5.41, 5.74) is 0. The molecule has 0 unspecified atom stereocenters. The second-order valence-electron chi connectivity index (χ2n) is 6.00. The molecule has 0 spiro atoms. The number of amides is 2. The van der Waals surface area contributed by atoms with Crippen molar-refractivity contribution in [1.82, 2.24) is 15.2 Å². The van der Waals surface area contributed by atoms with Crippen molar-refractivity contribution < 1.29 is 19.4 Å². The third-order valence-electron chi connectivity index (χ3n) is 3.76. The monoisotopic (exact) mass is 370 g/mol. The lowest BCUT2D eigenvalue weighted by Gasteiger charge is -2.35. The fourth-order valence-electron chi connectivity index (χ4n) is 2.73. The van der Waals surface area contributed by atoms with Crippen LogP contribution in [0.4, 0.5) is 5.82 Å². The number of aliphatic hydroxyl groups is 1. The van der Waals surface area contributed by atoms with Gasteiger partial charge in [-0.1, -0.05) is 11.6 Å². The van der Waals surface area contributed by atoms with Crippen LogP contribution in [0.1, 0.15) is 12.8 Å². The zero-order valence-corrected chi connectivity index (χ0v) is 14.8. The summed E-state index contributed by atoms with van der Waals surface area (Å²) in [5.74, 6) is 0.0421. The smallest absolute Gasteiger partial charge is 0.239 e. The van der Waals surface area contributed by atoms with E-state index in [-0.39, 0.29) is 30.8 Å². The van der Waals surface area contributed by atoms with Crippen LogP contribution in [0.5, 0.6) is 0 Å². The molecule has 1 aliphatic rings. The number of nitrogens with one attached hydrogen (secondary N) is 2. The first-order valence-electron chi connectivity index (χ1n) is 8.06. The third kappa shape index (κ3) is 6.95. The summed E-state index contributed by atoms with van der Waals surface area (Å²) in [6.45, 7) is 1.33. The van der Waals surface area contributed by atoms with Gasteiger partial charge in [-0.15, -0.1) is 0 Å². The number of likely N-dealkylation sites (tertiary alicyclic amines) is 1. The lowest BCUT2D eigenvalue weighted by Crippen LogP contribution is -2.54. The first kappa shape index (κ1) is 19.6. The number of halogens is 1. The Bertz CT molecular complexity index is 584. The summed E-state index contributed by atoms with van der Waals surface area (Å²) in [6.07, 6.45) is 1.59. The van der Waals surface area contributed by atoms with Crippen molar-refractivity contribution in [3.8, 4) is 0 Å². The molecular weight excluding hydrogens is 348 g/mol. The van der Waals surface area contributed by atoms with Gasteiger partial charge in [-0.25, -0.2) is 4.98 Å². The van der Waals surface area contributed by atoms with Crippen molar-refractivity contribution in [1.29, 1.82) is 0 Å². The highest BCUT2D eigenvalue weighted by Crippen LogP contribution is 2.12. The molecular formula is C16H23ClN4O4. The Morgan fingerprint density at radius 1 is 1.40 bits per heavy atom. The van der Waals surface area contributed by atoms with Gasteiger partial charge in [0, 0.05) is 38.9 Å². The van der Waals surface area contributed by atoms with Gasteiger partial charge in [0.05, 0.1) is 24.3 Å². The van der Waals surface area contributed by atoms with Gasteiger partial charge < -0.3 is 20.5 Å². The quantitative estimate of drug-likeness (QED) is 0.636. The standard InChI is InChI=1S/C16H23ClN4O4/c1-25-5-4-15(23)19-12-6-13(22)9-21(8-12)10-16(24)20-14-3-2-11(17)7-18-14/h2-3,7,12-13,22H,4-6,8-10H2,1H3,(H,19,23)(H,18,20,24)/t12-,13+/m0/s1. The Morgan fingerprint density at radius 2 is 2.20 bits per heavy atom. The number of ether oxygens (including phenoxy) is 1. The average molecular weight is 371 g/mol. The highest BCUT2D eigenvalue weighted by atomic mass is 35.5. The van der Waals surface area contributed by atoms with E-state index in [1.54, 1.807) is 17.0 Å². The van der Waals surface area contributed by atoms with E-state index in [0.717, 1.165) is 0 Å². The van der Waals surface area contributed by atoms with E-state index in [1.165, 1.54) is 13.3 Å². The average Bonchev–Trinajstić information content (AvgIpc) is 2.54. The Morgan fingerprint density at radius 3 is 2.88 bits per heavy atom. The van der Waals surface area contributed by atoms with Gasteiger partial charge in [0.15, 0.2) is 0 Å². The van der Waals surface area contributed by atoms with Crippen molar-refractivity contribution >= 4 is 29.2 Å². The number of β-amino-alcohol motifs (C(OH)–C–C–N with tert-alkyl or cyclic N) is 1. The van der Waals surface area contributed by atoms with Crippen LogP contribution in [-0.2, 0) is 14.3 Å². The SMILES string of the molecule is COCCC(=O)N[C@H]1C[C@@H](O)CN(CC(=O)Nc2ccc(Cl)cn2)C1. The molecule has 3 N–H and O–H groups in total. The molecule has 1 aromatic rings. The van der Waals surface area contributed by atoms with Gasteiger partial charge >= 0.3 is 0 Å². The van der Waals surface area contributed by atoms with Crippen LogP contribution < -0.4 is 10.6 Å². The molecule has 1 aromatic heterocycles. The maximum absolute atomic E-state index is 12.1. The maximum atomic E-state index is 12.1. The number of methoxy groups -OCH3 is 1. The molecule has 138 valence electrons. The predicted molar refractivity (Wildman–Crippen MR) is 93.4 cm³/mol. The van der Waals surface area contributed by atoms with Gasteiger partial charge in [-0.3, -0.25) is 14.5 Å². The Hall–Kier alpha value is -1.74. The highest BCUT2D eigenvalue weighted by Gasteiger charge is 2.28. The van der Waals surface area contributed by atoms with Crippen molar-refractivity contribution in [3.63, 3.8) is 0 Å². The second-order valence-corrected chi connectivity index (χ2v) is 6.44. The van der Waals surface area contributed by atoms with Crippen LogP contribution in [0, 0.1) is 0 Å². The van der Waals surface area contributed by atoms with Gasteiger partial charge in [-0.05, 0) is 18.6 Å². The van der Waals surface area contributed by atoms with Crippen LogP contribution in [0.15, 0.2) is 18.3 Å². The molecule has 0 aromatic carbocycles. The topological polar surface area (TPSA) is 104 Å². The molecule has 2 atom stereocenters. The second kappa shape index (κ2) is 9.67. The zero-order valence-electron chi connectivity index (χ0n) is 14.1. The Balaban J connectivity index is 1.82. The van der Waals surface area contributed by atoms with Crippen molar-refractivity contribution in [3.05, 3.63) is 23.4 Å². The molecule has 2 amide bonds. The van der Waals surface area contributed by atoms with Crippen LogP contribution in [0.2, 0.25) is 5.02 Å². The number of pyridine rings is 1. The summed E-state index contributed by atoms with van der Waals surface area (Å²) < 4.78 is 4.87. The largest absolute Gasteiger partial charge is 0.392 e. The number of aromatic nitrogens is 1. The number of piperidine rings is 1. The number of carbonyl (C=O) groups excluding carboxylic acids is 2. The number of carbonyl (C=O) groups is 2. The minimum absolute atomic E-state index is 0.103. The fourth-order valence-corrected chi connectivity index (χ4v) is 2.84. The molecule has 1 fully saturated rings. The van der Waals surface area contributed by atoms with Crippen LogP contribution in [-0.4, -0.2) is 72.3 Å². The molecule has 0 aliphatic carbocycles. The molecule has 0 saturated carbocycles. The highest BCUT2D eigenvalue weighted by molar-refractivity contribution is 6.30. The number of hydrogen-bond donors (Lipinski definition) is 3. The van der Waals surface area contributed by atoms with Crippen molar-refractivity contribution in [2.45, 2.75) is 25.0 Å². The fraction of sp³-hybridized carbons (Fsp3) is 0.562. The Kier molecular flexibility index (Phi) is 7.57. The summed E-state index contributed by atoms with van der Waals surface area (Å²) in [7, 11) is 1.54. The first-order valence-corrected chi connectivity index (χ1v) is 8.44. The van der Waals surface area contributed by atoms with E-state index in [9.17, 15) is 14.7 Å². The number of aliphatic hydroxyl groups excluding tert-OH is 1. The molecule has 0 radical (unpaired) electrons. The molecule has 0 bridgehead atoms. The predicted octanol–water partition coefficient (Wildman–Crippen LogP) is 0.261. The van der Waals surface area contributed by atoms with E-state index in [4.69, 9.17) is 16.3 Å². The molecule has 25 heavy (non-hydrogen) atoms. The lowest BCUT2D eigenvalue weighted by molar-refractivity contribution is -0.123. The maximum Gasteiger partial charge on any atom is 0.239 e.